The standard InChI is InChI=1S/C9H17BrO/c1-7(2)3-4-11-9-5-8(10)6-9/h7-9H,3-6H2,1-2H3. The molecule has 11 heavy (non-hydrogen) atoms. The van der Waals surface area contributed by atoms with Gasteiger partial charge < -0.3 is 4.74 Å². The number of rotatable bonds is 4. The molecule has 0 spiro atoms. The summed E-state index contributed by atoms with van der Waals surface area (Å²) in [6.45, 7) is 5.41. The second-order valence-electron chi connectivity index (χ2n) is 3.74. The van der Waals surface area contributed by atoms with Crippen molar-refractivity contribution in [3.05, 3.63) is 0 Å². The molecule has 0 saturated heterocycles. The molecule has 0 amide bonds. The highest BCUT2D eigenvalue weighted by Crippen LogP contribution is 2.29. The summed E-state index contributed by atoms with van der Waals surface area (Å²) in [6.07, 6.45) is 4.16. The Morgan fingerprint density at radius 1 is 1.45 bits per heavy atom. The van der Waals surface area contributed by atoms with Crippen LogP contribution in [0.5, 0.6) is 0 Å². The third kappa shape index (κ3) is 3.57. The van der Waals surface area contributed by atoms with E-state index >= 15 is 0 Å². The van der Waals surface area contributed by atoms with Gasteiger partial charge in [0.05, 0.1) is 6.10 Å². The fraction of sp³-hybridized carbons (Fsp3) is 1.00. The summed E-state index contributed by atoms with van der Waals surface area (Å²) in [7, 11) is 0. The van der Waals surface area contributed by atoms with Crippen LogP contribution in [-0.4, -0.2) is 17.5 Å². The van der Waals surface area contributed by atoms with Crippen molar-refractivity contribution in [2.75, 3.05) is 6.61 Å². The van der Waals surface area contributed by atoms with Crippen LogP contribution >= 0.6 is 15.9 Å². The highest BCUT2D eigenvalue weighted by Gasteiger charge is 2.27. The Hall–Kier alpha value is 0.440. The number of halogens is 1. The zero-order valence-electron chi connectivity index (χ0n) is 7.35. The molecular formula is C9H17BrO. The van der Waals surface area contributed by atoms with Crippen LogP contribution in [0.15, 0.2) is 0 Å². The van der Waals surface area contributed by atoms with Crippen LogP contribution in [0.1, 0.15) is 33.1 Å². The highest BCUT2D eigenvalue weighted by atomic mass is 79.9. The molecule has 0 bridgehead atoms. The Kier molecular flexibility index (Phi) is 3.86. The number of ether oxygens (including phenoxy) is 1. The summed E-state index contributed by atoms with van der Waals surface area (Å²) in [5.41, 5.74) is 0. The average Bonchev–Trinajstić information content (AvgIpc) is 1.83. The summed E-state index contributed by atoms with van der Waals surface area (Å²) >= 11 is 3.54. The molecule has 0 aromatic carbocycles. The molecule has 1 fully saturated rings. The van der Waals surface area contributed by atoms with Crippen LogP contribution in [0.4, 0.5) is 0 Å². The van der Waals surface area contributed by atoms with E-state index in [0.29, 0.717) is 6.10 Å². The fourth-order valence-electron chi connectivity index (χ4n) is 1.11. The van der Waals surface area contributed by atoms with Gasteiger partial charge in [-0.1, -0.05) is 29.8 Å². The SMILES string of the molecule is CC(C)CCOC1CC(Br)C1. The third-order valence-corrected chi connectivity index (χ3v) is 2.83. The molecule has 0 aromatic heterocycles. The maximum atomic E-state index is 5.63. The van der Waals surface area contributed by atoms with Gasteiger partial charge in [0.2, 0.25) is 0 Å². The zero-order chi connectivity index (χ0) is 8.27. The van der Waals surface area contributed by atoms with E-state index in [9.17, 15) is 0 Å². The lowest BCUT2D eigenvalue weighted by Crippen LogP contribution is -2.31. The van der Waals surface area contributed by atoms with Crippen LogP contribution in [0.2, 0.25) is 0 Å². The van der Waals surface area contributed by atoms with E-state index < -0.39 is 0 Å². The van der Waals surface area contributed by atoms with Crippen LogP contribution in [-0.2, 0) is 4.74 Å². The predicted molar refractivity (Wildman–Crippen MR) is 51.1 cm³/mol. The summed E-state index contributed by atoms with van der Waals surface area (Å²) in [5, 5.41) is 0. The Balaban J connectivity index is 1.89. The molecule has 66 valence electrons. The van der Waals surface area contributed by atoms with E-state index in [0.717, 1.165) is 17.4 Å². The molecule has 1 aliphatic rings. The number of hydrogen-bond donors (Lipinski definition) is 0. The molecule has 0 atom stereocenters. The maximum absolute atomic E-state index is 5.63. The van der Waals surface area contributed by atoms with Gasteiger partial charge >= 0.3 is 0 Å². The molecule has 2 heteroatoms. The highest BCUT2D eigenvalue weighted by molar-refractivity contribution is 9.09. The largest absolute Gasteiger partial charge is 0.378 e. The lowest BCUT2D eigenvalue weighted by molar-refractivity contribution is 0.00251. The van der Waals surface area contributed by atoms with Crippen molar-refractivity contribution < 1.29 is 4.74 Å². The molecule has 0 unspecified atom stereocenters. The van der Waals surface area contributed by atoms with Crippen molar-refractivity contribution in [3.8, 4) is 0 Å². The predicted octanol–water partition coefficient (Wildman–Crippen LogP) is 2.98. The van der Waals surface area contributed by atoms with E-state index in [1.807, 2.05) is 0 Å². The monoisotopic (exact) mass is 220 g/mol. The minimum Gasteiger partial charge on any atom is -0.378 e. The molecule has 0 aromatic rings. The van der Waals surface area contributed by atoms with Crippen molar-refractivity contribution in [1.29, 1.82) is 0 Å². The summed E-state index contributed by atoms with van der Waals surface area (Å²) in [4.78, 5) is 0.728. The van der Waals surface area contributed by atoms with Crippen LogP contribution < -0.4 is 0 Å². The van der Waals surface area contributed by atoms with Gasteiger partial charge in [-0.05, 0) is 25.2 Å². The molecule has 0 aliphatic heterocycles. The lowest BCUT2D eigenvalue weighted by Gasteiger charge is -2.31. The second-order valence-corrected chi connectivity index (χ2v) is 5.04. The molecule has 1 aliphatic carbocycles. The first-order chi connectivity index (χ1) is 5.18. The smallest absolute Gasteiger partial charge is 0.0596 e. The van der Waals surface area contributed by atoms with Gasteiger partial charge in [0, 0.05) is 11.4 Å². The first-order valence-electron chi connectivity index (χ1n) is 4.44. The van der Waals surface area contributed by atoms with Gasteiger partial charge in [-0.15, -0.1) is 0 Å². The second kappa shape index (κ2) is 4.46. The molecule has 1 rings (SSSR count). The van der Waals surface area contributed by atoms with E-state index in [-0.39, 0.29) is 0 Å². The van der Waals surface area contributed by atoms with Crippen molar-refractivity contribution in [1.82, 2.24) is 0 Å². The molecule has 1 saturated carbocycles. The van der Waals surface area contributed by atoms with Gasteiger partial charge in [0.1, 0.15) is 0 Å². The molecule has 0 N–H and O–H groups in total. The van der Waals surface area contributed by atoms with Crippen LogP contribution in [0, 0.1) is 5.92 Å². The minimum atomic E-state index is 0.554. The van der Waals surface area contributed by atoms with Gasteiger partial charge in [-0.3, -0.25) is 0 Å². The first kappa shape index (κ1) is 9.53. The molecule has 0 radical (unpaired) electrons. The van der Waals surface area contributed by atoms with E-state index in [1.54, 1.807) is 0 Å². The third-order valence-electron chi connectivity index (χ3n) is 2.09. The molecule has 1 nitrogen and oxygen atoms in total. The van der Waals surface area contributed by atoms with Gasteiger partial charge in [-0.2, -0.15) is 0 Å². The van der Waals surface area contributed by atoms with Crippen molar-refractivity contribution in [2.45, 2.75) is 44.0 Å². The van der Waals surface area contributed by atoms with Gasteiger partial charge in [0.25, 0.3) is 0 Å². The van der Waals surface area contributed by atoms with Crippen molar-refractivity contribution in [3.63, 3.8) is 0 Å². The first-order valence-corrected chi connectivity index (χ1v) is 5.35. The summed E-state index contributed by atoms with van der Waals surface area (Å²) in [6, 6.07) is 0. The Labute approximate surface area is 77.6 Å². The normalized spacial score (nSPS) is 30.5. The van der Waals surface area contributed by atoms with Crippen LogP contribution in [0.25, 0.3) is 0 Å². The Bertz CT molecular complexity index is 108. The average molecular weight is 221 g/mol. The van der Waals surface area contributed by atoms with Crippen molar-refractivity contribution >= 4 is 15.9 Å². The topological polar surface area (TPSA) is 9.23 Å². The van der Waals surface area contributed by atoms with Crippen LogP contribution in [0.3, 0.4) is 0 Å². The number of alkyl halides is 1. The maximum Gasteiger partial charge on any atom is 0.0596 e. The van der Waals surface area contributed by atoms with Crippen molar-refractivity contribution in [2.24, 2.45) is 5.92 Å². The zero-order valence-corrected chi connectivity index (χ0v) is 8.93. The minimum absolute atomic E-state index is 0.554. The van der Waals surface area contributed by atoms with Gasteiger partial charge in [0.15, 0.2) is 0 Å². The van der Waals surface area contributed by atoms with E-state index in [2.05, 4.69) is 29.8 Å². The Morgan fingerprint density at radius 3 is 2.55 bits per heavy atom. The Morgan fingerprint density at radius 2 is 2.09 bits per heavy atom. The van der Waals surface area contributed by atoms with E-state index in [4.69, 9.17) is 4.74 Å². The van der Waals surface area contributed by atoms with Gasteiger partial charge in [-0.25, -0.2) is 0 Å². The van der Waals surface area contributed by atoms with E-state index in [1.165, 1.54) is 19.3 Å². The fourth-order valence-corrected chi connectivity index (χ4v) is 1.94. The summed E-state index contributed by atoms with van der Waals surface area (Å²) < 4.78 is 5.63. The quantitative estimate of drug-likeness (QED) is 0.663. The lowest BCUT2D eigenvalue weighted by atomic mass is 9.96. The molecule has 0 heterocycles. The summed E-state index contributed by atoms with van der Waals surface area (Å²) in [5.74, 6) is 0.773. The number of hydrogen-bond acceptors (Lipinski definition) is 1. The molecular weight excluding hydrogens is 204 g/mol.